The third kappa shape index (κ3) is 3.17. The molecule has 0 saturated heterocycles. The van der Waals surface area contributed by atoms with E-state index in [0.29, 0.717) is 17.1 Å². The summed E-state index contributed by atoms with van der Waals surface area (Å²) in [5.74, 6) is 2.27. The van der Waals surface area contributed by atoms with E-state index in [2.05, 4.69) is 16.4 Å². The number of benzene rings is 2. The van der Waals surface area contributed by atoms with Crippen LogP contribution in [-0.2, 0) is 6.54 Å². The molecule has 0 fully saturated rings. The van der Waals surface area contributed by atoms with Gasteiger partial charge in [0.1, 0.15) is 0 Å². The normalized spacial score (nSPS) is 10.8. The minimum atomic E-state index is -0.357. The highest BCUT2D eigenvalue weighted by Gasteiger charge is 2.09. The van der Waals surface area contributed by atoms with Gasteiger partial charge in [0.05, 0.1) is 23.3 Å². The zero-order valence-electron chi connectivity index (χ0n) is 12.7. The number of carbonyl (C=O) groups is 1. The van der Waals surface area contributed by atoms with E-state index < -0.39 is 0 Å². The first kappa shape index (κ1) is 15.9. The number of rotatable bonds is 4. The van der Waals surface area contributed by atoms with Gasteiger partial charge in [0, 0.05) is 22.7 Å². The molecule has 0 unspecified atom stereocenters. The van der Waals surface area contributed by atoms with Crippen molar-refractivity contribution in [3.8, 4) is 12.3 Å². The summed E-state index contributed by atoms with van der Waals surface area (Å²) in [5.41, 5.74) is 4.77. The molecule has 3 rings (SSSR count). The summed E-state index contributed by atoms with van der Waals surface area (Å²) in [7, 11) is 0. The lowest BCUT2D eigenvalue weighted by Crippen LogP contribution is -2.17. The quantitative estimate of drug-likeness (QED) is 0.441. The second-order valence-corrected chi connectivity index (χ2v) is 5.52. The van der Waals surface area contributed by atoms with Crippen LogP contribution >= 0.6 is 11.6 Å². The molecule has 0 radical (unpaired) electrons. The maximum atomic E-state index is 12.1. The first-order valence-electron chi connectivity index (χ1n) is 7.30. The van der Waals surface area contributed by atoms with Crippen molar-refractivity contribution in [3.63, 3.8) is 0 Å². The maximum absolute atomic E-state index is 12.1. The SMILES string of the molecule is C#CCn1cc(/C=N\NC(=O)c2ccccc2Cl)c2ccccc21. The first-order chi connectivity index (χ1) is 11.7. The van der Waals surface area contributed by atoms with Gasteiger partial charge in [-0.2, -0.15) is 5.10 Å². The first-order valence-corrected chi connectivity index (χ1v) is 7.68. The average Bonchev–Trinajstić information content (AvgIpc) is 2.94. The molecular formula is C19H14ClN3O. The number of fused-ring (bicyclic) bond motifs is 1. The van der Waals surface area contributed by atoms with Crippen LogP contribution < -0.4 is 5.43 Å². The molecule has 5 heteroatoms. The van der Waals surface area contributed by atoms with Crippen molar-refractivity contribution >= 4 is 34.6 Å². The molecule has 3 aromatic rings. The summed E-state index contributed by atoms with van der Waals surface area (Å²) in [6.45, 7) is 0.473. The summed E-state index contributed by atoms with van der Waals surface area (Å²) in [4.78, 5) is 12.1. The van der Waals surface area contributed by atoms with Gasteiger partial charge in [0.25, 0.3) is 5.91 Å². The predicted octanol–water partition coefficient (Wildman–Crippen LogP) is 3.69. The van der Waals surface area contributed by atoms with Crippen molar-refractivity contribution < 1.29 is 4.79 Å². The van der Waals surface area contributed by atoms with Gasteiger partial charge >= 0.3 is 0 Å². The van der Waals surface area contributed by atoms with E-state index in [4.69, 9.17) is 18.0 Å². The number of nitrogens with one attached hydrogen (secondary N) is 1. The molecule has 118 valence electrons. The van der Waals surface area contributed by atoms with Crippen LogP contribution in [0.5, 0.6) is 0 Å². The molecule has 2 aromatic carbocycles. The summed E-state index contributed by atoms with van der Waals surface area (Å²) in [6, 6.07) is 14.7. The second-order valence-electron chi connectivity index (χ2n) is 5.11. The monoisotopic (exact) mass is 335 g/mol. The van der Waals surface area contributed by atoms with Gasteiger partial charge < -0.3 is 4.57 Å². The molecule has 1 amide bonds. The Balaban J connectivity index is 1.83. The van der Waals surface area contributed by atoms with Crippen molar-refractivity contribution in [1.29, 1.82) is 0 Å². The summed E-state index contributed by atoms with van der Waals surface area (Å²) < 4.78 is 1.96. The molecule has 0 bridgehead atoms. The Bertz CT molecular complexity index is 966. The zero-order valence-corrected chi connectivity index (χ0v) is 13.5. The van der Waals surface area contributed by atoms with Gasteiger partial charge in [-0.3, -0.25) is 4.79 Å². The van der Waals surface area contributed by atoms with Crippen LogP contribution in [0.25, 0.3) is 10.9 Å². The van der Waals surface area contributed by atoms with E-state index in [0.717, 1.165) is 16.5 Å². The fourth-order valence-corrected chi connectivity index (χ4v) is 2.69. The van der Waals surface area contributed by atoms with E-state index in [1.54, 1.807) is 30.5 Å². The Hall–Kier alpha value is -3.03. The van der Waals surface area contributed by atoms with Crippen LogP contribution in [-0.4, -0.2) is 16.7 Å². The molecule has 0 aliphatic heterocycles. The fraction of sp³-hybridized carbons (Fsp3) is 0.0526. The average molecular weight is 336 g/mol. The van der Waals surface area contributed by atoms with E-state index in [1.165, 1.54) is 0 Å². The van der Waals surface area contributed by atoms with Crippen LogP contribution in [0.1, 0.15) is 15.9 Å². The molecule has 1 heterocycles. The standard InChI is InChI=1S/C19H14ClN3O/c1-2-11-23-13-14(15-7-4-6-10-18(15)23)12-21-22-19(24)16-8-3-5-9-17(16)20/h1,3-10,12-13H,11H2,(H,22,24)/b21-12-. The number of aromatic nitrogens is 1. The number of amides is 1. The molecule has 1 aromatic heterocycles. The minimum Gasteiger partial charge on any atom is -0.335 e. The highest BCUT2D eigenvalue weighted by Crippen LogP contribution is 2.20. The van der Waals surface area contributed by atoms with E-state index in [9.17, 15) is 4.79 Å². The molecular weight excluding hydrogens is 322 g/mol. The van der Waals surface area contributed by atoms with Gasteiger partial charge in [0.15, 0.2) is 0 Å². The third-order valence-corrected chi connectivity index (χ3v) is 3.90. The fourth-order valence-electron chi connectivity index (χ4n) is 2.47. The van der Waals surface area contributed by atoms with Crippen LogP contribution in [0.2, 0.25) is 5.02 Å². The van der Waals surface area contributed by atoms with Crippen molar-refractivity contribution in [2.24, 2.45) is 5.10 Å². The summed E-state index contributed by atoms with van der Waals surface area (Å²) in [5, 5.41) is 5.44. The third-order valence-electron chi connectivity index (χ3n) is 3.57. The minimum absolute atomic E-state index is 0.357. The number of nitrogens with zero attached hydrogens (tertiary/aromatic N) is 2. The molecule has 0 atom stereocenters. The molecule has 0 aliphatic rings. The lowest BCUT2D eigenvalue weighted by atomic mass is 10.2. The summed E-state index contributed by atoms with van der Waals surface area (Å²) >= 11 is 6.00. The lowest BCUT2D eigenvalue weighted by molar-refractivity contribution is 0.0955. The molecule has 0 saturated carbocycles. The number of carbonyl (C=O) groups excluding carboxylic acids is 1. The smallest absolute Gasteiger partial charge is 0.272 e. The van der Waals surface area contributed by atoms with Gasteiger partial charge in [-0.15, -0.1) is 6.42 Å². The Labute approximate surface area is 144 Å². The van der Waals surface area contributed by atoms with Gasteiger partial charge in [-0.1, -0.05) is 47.9 Å². The van der Waals surface area contributed by atoms with Crippen molar-refractivity contribution in [2.75, 3.05) is 0 Å². The van der Waals surface area contributed by atoms with E-state index in [-0.39, 0.29) is 5.91 Å². The Morgan fingerprint density at radius 1 is 1.25 bits per heavy atom. The molecule has 24 heavy (non-hydrogen) atoms. The highest BCUT2D eigenvalue weighted by molar-refractivity contribution is 6.33. The van der Waals surface area contributed by atoms with Crippen LogP contribution in [0.15, 0.2) is 59.8 Å². The topological polar surface area (TPSA) is 46.4 Å². The molecule has 0 spiro atoms. The van der Waals surface area contributed by atoms with Crippen molar-refractivity contribution in [3.05, 3.63) is 70.9 Å². The lowest BCUT2D eigenvalue weighted by Gasteiger charge is -2.01. The van der Waals surface area contributed by atoms with Gasteiger partial charge in [-0.05, 0) is 18.2 Å². The van der Waals surface area contributed by atoms with Crippen LogP contribution in [0, 0.1) is 12.3 Å². The van der Waals surface area contributed by atoms with Gasteiger partial charge in [-0.25, -0.2) is 5.43 Å². The second kappa shape index (κ2) is 7.03. The predicted molar refractivity (Wildman–Crippen MR) is 97.3 cm³/mol. The van der Waals surface area contributed by atoms with E-state index in [1.807, 2.05) is 35.0 Å². The number of para-hydroxylation sites is 1. The number of hydrazone groups is 1. The summed E-state index contributed by atoms with van der Waals surface area (Å²) in [6.07, 6.45) is 8.92. The van der Waals surface area contributed by atoms with E-state index >= 15 is 0 Å². The Kier molecular flexibility index (Phi) is 4.64. The number of hydrogen-bond donors (Lipinski definition) is 1. The van der Waals surface area contributed by atoms with Gasteiger partial charge in [0.2, 0.25) is 0 Å². The van der Waals surface area contributed by atoms with Crippen molar-refractivity contribution in [1.82, 2.24) is 9.99 Å². The Morgan fingerprint density at radius 3 is 2.79 bits per heavy atom. The van der Waals surface area contributed by atoms with Crippen LogP contribution in [0.3, 0.4) is 0 Å². The van der Waals surface area contributed by atoms with Crippen molar-refractivity contribution in [2.45, 2.75) is 6.54 Å². The highest BCUT2D eigenvalue weighted by atomic mass is 35.5. The number of hydrogen-bond acceptors (Lipinski definition) is 2. The maximum Gasteiger partial charge on any atom is 0.272 e. The van der Waals surface area contributed by atoms with Crippen LogP contribution in [0.4, 0.5) is 0 Å². The molecule has 4 nitrogen and oxygen atoms in total. The molecule has 0 aliphatic carbocycles. The zero-order chi connectivity index (χ0) is 16.9. The largest absolute Gasteiger partial charge is 0.335 e. The Morgan fingerprint density at radius 2 is 2.00 bits per heavy atom. The molecule has 1 N–H and O–H groups in total. The number of halogens is 1. The number of terminal acetylenes is 1.